The van der Waals surface area contributed by atoms with Gasteiger partial charge >= 0.3 is 0 Å². The molecule has 12 rings (SSSR count). The van der Waals surface area contributed by atoms with Crippen molar-refractivity contribution >= 4 is 54.1 Å². The second kappa shape index (κ2) is 11.5. The Labute approximate surface area is 325 Å². The molecule has 1 aliphatic rings. The molecule has 0 spiro atoms. The first-order valence-corrected chi connectivity index (χ1v) is 19.5. The lowest BCUT2D eigenvalue weighted by Crippen LogP contribution is -2.15. The van der Waals surface area contributed by atoms with Crippen molar-refractivity contribution in [2.75, 3.05) is 0 Å². The van der Waals surface area contributed by atoms with Gasteiger partial charge in [-0.2, -0.15) is 0 Å². The third-order valence-electron chi connectivity index (χ3n) is 12.5. The van der Waals surface area contributed by atoms with Gasteiger partial charge in [-0.15, -0.1) is 0 Å². The molecule has 11 aromatic rings. The first-order chi connectivity index (χ1) is 27.5. The number of hydrogen-bond donors (Lipinski definition) is 0. The lowest BCUT2D eigenvalue weighted by Gasteiger charge is -2.24. The fraction of sp³-hybridized carbons (Fsp3) is 0.0556. The zero-order valence-electron chi connectivity index (χ0n) is 31.2. The molecule has 0 fully saturated rings. The Balaban J connectivity index is 0.994. The average molecular weight is 713 g/mol. The molecule has 0 aliphatic heterocycles. The van der Waals surface area contributed by atoms with E-state index in [4.69, 9.17) is 4.98 Å². The summed E-state index contributed by atoms with van der Waals surface area (Å²) in [4.78, 5) is 5.08. The van der Waals surface area contributed by atoms with Crippen LogP contribution in [0.2, 0.25) is 0 Å². The number of hydrogen-bond acceptors (Lipinski definition) is 1. The van der Waals surface area contributed by atoms with Crippen molar-refractivity contribution in [3.05, 3.63) is 193 Å². The van der Waals surface area contributed by atoms with E-state index in [0.717, 1.165) is 28.1 Å². The van der Waals surface area contributed by atoms with Crippen LogP contribution in [0.5, 0.6) is 0 Å². The summed E-state index contributed by atoms with van der Waals surface area (Å²) in [6.45, 7) is 4.81. The van der Waals surface area contributed by atoms with Crippen LogP contribution in [0.25, 0.3) is 105 Å². The smallest absolute Gasteiger partial charge is 0.145 e. The number of fused-ring (bicyclic) bond motifs is 6. The Morgan fingerprint density at radius 3 is 1.91 bits per heavy atom. The fourth-order valence-electron chi connectivity index (χ4n) is 9.83. The molecule has 56 heavy (non-hydrogen) atoms. The van der Waals surface area contributed by atoms with Crippen LogP contribution in [0.15, 0.2) is 182 Å². The van der Waals surface area contributed by atoms with E-state index in [9.17, 15) is 0 Å². The van der Waals surface area contributed by atoms with E-state index >= 15 is 0 Å². The summed E-state index contributed by atoms with van der Waals surface area (Å²) in [5.41, 5.74) is 14.6. The van der Waals surface area contributed by atoms with Crippen LogP contribution >= 0.6 is 0 Å². The van der Waals surface area contributed by atoms with Gasteiger partial charge in [0.05, 0.1) is 11.0 Å². The molecule has 0 saturated carbocycles. The standard InChI is InChI=1S/C54H36N2/c1-54(2)46-31-38(40-28-23-36-20-19-34-13-10-14-35-24-29-43(40)51(36)50(34)35)25-30-44(46)52-42-16-7-6-15-41(42)45(32-47(52)54)33-21-26-39(27-22-33)56-49-18-9-8-17-48(49)55-53(56)37-11-4-3-5-12-37/h3-32H,1-2H3. The maximum absolute atomic E-state index is 5.08. The van der Waals surface area contributed by atoms with E-state index in [2.05, 4.69) is 200 Å². The maximum Gasteiger partial charge on any atom is 0.145 e. The average Bonchev–Trinajstić information content (AvgIpc) is 3.75. The molecule has 0 amide bonds. The van der Waals surface area contributed by atoms with Crippen molar-refractivity contribution in [2.24, 2.45) is 0 Å². The molecule has 1 aromatic heterocycles. The van der Waals surface area contributed by atoms with Gasteiger partial charge in [-0.05, 0) is 124 Å². The van der Waals surface area contributed by atoms with Gasteiger partial charge in [-0.3, -0.25) is 4.57 Å². The quantitative estimate of drug-likeness (QED) is 0.166. The Hall–Kier alpha value is -7.03. The zero-order valence-corrected chi connectivity index (χ0v) is 31.2. The van der Waals surface area contributed by atoms with Gasteiger partial charge in [0.2, 0.25) is 0 Å². The lowest BCUT2D eigenvalue weighted by molar-refractivity contribution is 0.661. The SMILES string of the molecule is CC1(C)c2cc(-c3ccc4ccc5cccc6ccc3c4c56)ccc2-c2c1cc(-c1ccc(-n3c(-c4ccccc4)nc4ccccc43)cc1)c1ccccc21. The maximum atomic E-state index is 5.08. The minimum atomic E-state index is -0.191. The van der Waals surface area contributed by atoms with E-state index in [1.165, 1.54) is 87.6 Å². The third kappa shape index (κ3) is 4.36. The van der Waals surface area contributed by atoms with E-state index in [0.29, 0.717) is 0 Å². The van der Waals surface area contributed by atoms with Gasteiger partial charge in [0, 0.05) is 16.7 Å². The van der Waals surface area contributed by atoms with E-state index in [1.54, 1.807) is 0 Å². The van der Waals surface area contributed by atoms with Crippen LogP contribution in [-0.4, -0.2) is 9.55 Å². The van der Waals surface area contributed by atoms with Crippen molar-refractivity contribution < 1.29 is 0 Å². The second-order valence-corrected chi connectivity index (χ2v) is 15.9. The Morgan fingerprint density at radius 2 is 1.09 bits per heavy atom. The Kier molecular flexibility index (Phi) is 6.43. The van der Waals surface area contributed by atoms with Crippen molar-refractivity contribution in [3.8, 4) is 50.5 Å². The van der Waals surface area contributed by atoms with Crippen molar-refractivity contribution in [1.29, 1.82) is 0 Å². The van der Waals surface area contributed by atoms with Crippen molar-refractivity contribution in [3.63, 3.8) is 0 Å². The number of rotatable bonds is 4. The molecule has 1 heterocycles. The minimum Gasteiger partial charge on any atom is -0.292 e. The lowest BCUT2D eigenvalue weighted by atomic mass is 9.79. The predicted molar refractivity (Wildman–Crippen MR) is 236 cm³/mol. The van der Waals surface area contributed by atoms with Crippen LogP contribution in [0, 0.1) is 0 Å². The summed E-state index contributed by atoms with van der Waals surface area (Å²) in [7, 11) is 0. The van der Waals surface area contributed by atoms with E-state index in [1.807, 2.05) is 0 Å². The molecule has 0 unspecified atom stereocenters. The molecule has 10 aromatic carbocycles. The summed E-state index contributed by atoms with van der Waals surface area (Å²) in [6.07, 6.45) is 0. The normalized spacial score (nSPS) is 13.3. The third-order valence-corrected chi connectivity index (χ3v) is 12.5. The van der Waals surface area contributed by atoms with Crippen LogP contribution in [0.3, 0.4) is 0 Å². The summed E-state index contributed by atoms with van der Waals surface area (Å²) in [5.74, 6) is 0.948. The van der Waals surface area contributed by atoms with Gasteiger partial charge in [-0.1, -0.05) is 159 Å². The molecule has 0 radical (unpaired) electrons. The van der Waals surface area contributed by atoms with Crippen LogP contribution in [0.4, 0.5) is 0 Å². The van der Waals surface area contributed by atoms with Crippen LogP contribution < -0.4 is 0 Å². The summed E-state index contributed by atoms with van der Waals surface area (Å²) in [6, 6.07) is 67.0. The van der Waals surface area contributed by atoms with Crippen LogP contribution in [-0.2, 0) is 5.41 Å². The highest BCUT2D eigenvalue weighted by atomic mass is 15.1. The molecule has 2 nitrogen and oxygen atoms in total. The molecule has 0 atom stereocenters. The molecular weight excluding hydrogens is 677 g/mol. The first kappa shape index (κ1) is 31.3. The van der Waals surface area contributed by atoms with Gasteiger partial charge < -0.3 is 0 Å². The fourth-order valence-corrected chi connectivity index (χ4v) is 9.83. The summed E-state index contributed by atoms with van der Waals surface area (Å²) >= 11 is 0. The summed E-state index contributed by atoms with van der Waals surface area (Å²) < 4.78 is 2.29. The predicted octanol–water partition coefficient (Wildman–Crippen LogP) is 14.4. The first-order valence-electron chi connectivity index (χ1n) is 19.5. The number of benzene rings is 10. The van der Waals surface area contributed by atoms with Crippen molar-refractivity contribution in [1.82, 2.24) is 9.55 Å². The van der Waals surface area contributed by atoms with E-state index < -0.39 is 0 Å². The zero-order chi connectivity index (χ0) is 37.1. The highest BCUT2D eigenvalue weighted by molar-refractivity contribution is 6.25. The summed E-state index contributed by atoms with van der Waals surface area (Å²) in [5, 5.41) is 10.5. The van der Waals surface area contributed by atoms with Crippen LogP contribution in [0.1, 0.15) is 25.0 Å². The minimum absolute atomic E-state index is 0.191. The number of para-hydroxylation sites is 2. The van der Waals surface area contributed by atoms with Gasteiger partial charge in [0.25, 0.3) is 0 Å². The molecule has 262 valence electrons. The number of imidazole rings is 1. The molecule has 0 bridgehead atoms. The molecule has 0 N–H and O–H groups in total. The Bertz CT molecular complexity index is 3350. The molecular formula is C54H36N2. The largest absolute Gasteiger partial charge is 0.292 e. The topological polar surface area (TPSA) is 17.8 Å². The highest BCUT2D eigenvalue weighted by Gasteiger charge is 2.37. The Morgan fingerprint density at radius 1 is 0.429 bits per heavy atom. The second-order valence-electron chi connectivity index (χ2n) is 15.9. The number of aromatic nitrogens is 2. The van der Waals surface area contributed by atoms with E-state index in [-0.39, 0.29) is 5.41 Å². The van der Waals surface area contributed by atoms with Gasteiger partial charge in [0.15, 0.2) is 0 Å². The highest BCUT2D eigenvalue weighted by Crippen LogP contribution is 2.54. The molecule has 2 heteroatoms. The molecule has 0 saturated heterocycles. The monoisotopic (exact) mass is 712 g/mol. The van der Waals surface area contributed by atoms with Crippen molar-refractivity contribution in [2.45, 2.75) is 19.3 Å². The molecule has 1 aliphatic carbocycles. The van der Waals surface area contributed by atoms with Gasteiger partial charge in [-0.25, -0.2) is 4.98 Å². The van der Waals surface area contributed by atoms with Gasteiger partial charge in [0.1, 0.15) is 5.82 Å². The number of nitrogens with zero attached hydrogens (tertiary/aromatic N) is 2.